The number of carbonyl (C=O) groups excluding carboxylic acids is 1. The van der Waals surface area contributed by atoms with Crippen LogP contribution in [0.1, 0.15) is 26.3 Å². The first kappa shape index (κ1) is 20.4. The van der Waals surface area contributed by atoms with Crippen LogP contribution in [-0.4, -0.2) is 28.9 Å². The van der Waals surface area contributed by atoms with Crippen LogP contribution in [-0.2, 0) is 4.79 Å². The molecule has 0 saturated carbocycles. The molecule has 0 saturated heterocycles. The molecule has 3 aromatic rings. The number of anilines is 1. The van der Waals surface area contributed by atoms with E-state index >= 15 is 0 Å². The number of benzene rings is 2. The SMILES string of the molecule is CC(=Nn1c(-c2ccc3c(c2)NC(=O)CO3)csc1=NC(C)C)c1ccc(Cl)cc1. The van der Waals surface area contributed by atoms with Gasteiger partial charge in [0.15, 0.2) is 6.61 Å². The molecule has 0 unspecified atom stereocenters. The molecule has 30 heavy (non-hydrogen) atoms. The van der Waals surface area contributed by atoms with Crippen LogP contribution >= 0.6 is 22.9 Å². The van der Waals surface area contributed by atoms with Crippen LogP contribution in [0.5, 0.6) is 5.75 Å². The van der Waals surface area contributed by atoms with Gasteiger partial charge in [-0.15, -0.1) is 11.3 Å². The second-order valence-corrected chi connectivity index (χ2v) is 8.45. The van der Waals surface area contributed by atoms with Gasteiger partial charge in [-0.05, 0) is 56.7 Å². The second-order valence-electron chi connectivity index (χ2n) is 7.18. The van der Waals surface area contributed by atoms with Gasteiger partial charge in [0.1, 0.15) is 5.75 Å². The summed E-state index contributed by atoms with van der Waals surface area (Å²) in [5, 5.41) is 10.4. The molecule has 4 rings (SSSR count). The molecule has 1 aliphatic rings. The van der Waals surface area contributed by atoms with E-state index < -0.39 is 0 Å². The Labute approximate surface area is 183 Å². The molecule has 0 spiro atoms. The molecule has 0 radical (unpaired) electrons. The topological polar surface area (TPSA) is 68.0 Å². The lowest BCUT2D eigenvalue weighted by molar-refractivity contribution is -0.118. The number of hydrogen-bond acceptors (Lipinski definition) is 5. The minimum Gasteiger partial charge on any atom is -0.482 e. The van der Waals surface area contributed by atoms with Gasteiger partial charge in [-0.2, -0.15) is 5.10 Å². The Bertz CT molecular complexity index is 1190. The summed E-state index contributed by atoms with van der Waals surface area (Å²) in [6.07, 6.45) is 0. The fraction of sp³-hybridized carbons (Fsp3) is 0.227. The van der Waals surface area contributed by atoms with Gasteiger partial charge < -0.3 is 10.1 Å². The van der Waals surface area contributed by atoms with Crippen molar-refractivity contribution < 1.29 is 9.53 Å². The molecule has 0 atom stereocenters. The fourth-order valence-corrected chi connectivity index (χ4v) is 4.14. The molecule has 6 nitrogen and oxygen atoms in total. The number of aromatic nitrogens is 1. The van der Waals surface area contributed by atoms with Crippen molar-refractivity contribution in [2.45, 2.75) is 26.8 Å². The van der Waals surface area contributed by atoms with E-state index in [4.69, 9.17) is 26.4 Å². The van der Waals surface area contributed by atoms with Crippen molar-refractivity contribution in [2.24, 2.45) is 10.1 Å². The summed E-state index contributed by atoms with van der Waals surface area (Å²) in [4.78, 5) is 17.2. The number of amides is 1. The van der Waals surface area contributed by atoms with Gasteiger partial charge in [-0.1, -0.05) is 23.7 Å². The zero-order valence-corrected chi connectivity index (χ0v) is 18.4. The molecule has 1 N–H and O–H groups in total. The largest absolute Gasteiger partial charge is 0.482 e. The lowest BCUT2D eigenvalue weighted by atomic mass is 10.1. The fourth-order valence-electron chi connectivity index (χ4n) is 3.05. The third-order valence-corrected chi connectivity index (χ3v) is 5.56. The number of fused-ring (bicyclic) bond motifs is 1. The summed E-state index contributed by atoms with van der Waals surface area (Å²) < 4.78 is 7.32. The van der Waals surface area contributed by atoms with E-state index in [0.29, 0.717) is 16.5 Å². The smallest absolute Gasteiger partial charge is 0.262 e. The number of rotatable bonds is 4. The standard InChI is InChI=1S/C22H21ClN4O2S/c1-13(2)24-22-27(26-14(3)15-4-7-17(23)8-5-15)19(12-30-22)16-6-9-20-18(10-16)25-21(28)11-29-20/h4-10,12-13H,11H2,1-3H3,(H,25,28). The zero-order chi connectivity index (χ0) is 21.3. The number of carbonyl (C=O) groups is 1. The van der Waals surface area contributed by atoms with Crippen molar-refractivity contribution in [2.75, 3.05) is 11.9 Å². The van der Waals surface area contributed by atoms with Crippen LogP contribution < -0.4 is 14.9 Å². The van der Waals surface area contributed by atoms with Crippen molar-refractivity contribution in [3.8, 4) is 17.0 Å². The first-order valence-electron chi connectivity index (χ1n) is 9.53. The molecule has 8 heteroatoms. The van der Waals surface area contributed by atoms with Crippen LogP contribution in [0, 0.1) is 0 Å². The maximum absolute atomic E-state index is 11.7. The monoisotopic (exact) mass is 440 g/mol. The highest BCUT2D eigenvalue weighted by molar-refractivity contribution is 7.07. The van der Waals surface area contributed by atoms with Crippen molar-refractivity contribution in [3.63, 3.8) is 0 Å². The summed E-state index contributed by atoms with van der Waals surface area (Å²) in [5.74, 6) is 0.498. The number of nitrogens with zero attached hydrogens (tertiary/aromatic N) is 3. The van der Waals surface area contributed by atoms with E-state index in [1.54, 1.807) is 0 Å². The molecule has 1 aliphatic heterocycles. The predicted molar refractivity (Wildman–Crippen MR) is 122 cm³/mol. The molecular weight excluding hydrogens is 420 g/mol. The number of nitrogens with one attached hydrogen (secondary N) is 1. The molecule has 1 amide bonds. The summed E-state index contributed by atoms with van der Waals surface area (Å²) in [7, 11) is 0. The van der Waals surface area contributed by atoms with Gasteiger partial charge in [0.2, 0.25) is 4.80 Å². The number of ether oxygens (including phenoxy) is 1. The van der Waals surface area contributed by atoms with Gasteiger partial charge in [0.25, 0.3) is 5.91 Å². The van der Waals surface area contributed by atoms with E-state index in [9.17, 15) is 4.79 Å². The average Bonchev–Trinajstić information content (AvgIpc) is 3.09. The van der Waals surface area contributed by atoms with Crippen LogP contribution in [0.3, 0.4) is 0 Å². The summed E-state index contributed by atoms with van der Waals surface area (Å²) in [5.41, 5.74) is 4.27. The van der Waals surface area contributed by atoms with Gasteiger partial charge >= 0.3 is 0 Å². The van der Waals surface area contributed by atoms with Crippen LogP contribution in [0.15, 0.2) is 57.9 Å². The number of halogens is 1. The maximum atomic E-state index is 11.7. The Kier molecular flexibility index (Phi) is 5.74. The Morgan fingerprint density at radius 3 is 2.73 bits per heavy atom. The zero-order valence-electron chi connectivity index (χ0n) is 16.8. The third-order valence-electron chi connectivity index (χ3n) is 4.47. The maximum Gasteiger partial charge on any atom is 0.262 e. The summed E-state index contributed by atoms with van der Waals surface area (Å²) in [6.45, 7) is 6.06. The Morgan fingerprint density at radius 2 is 2.00 bits per heavy atom. The molecule has 0 fully saturated rings. The van der Waals surface area contributed by atoms with Crippen LogP contribution in [0.4, 0.5) is 5.69 Å². The van der Waals surface area contributed by atoms with Gasteiger partial charge in [-0.25, -0.2) is 4.68 Å². The van der Waals surface area contributed by atoms with Crippen molar-refractivity contribution >= 4 is 40.2 Å². The van der Waals surface area contributed by atoms with E-state index in [0.717, 1.165) is 27.3 Å². The van der Waals surface area contributed by atoms with Gasteiger partial charge in [-0.3, -0.25) is 9.79 Å². The Balaban J connectivity index is 1.83. The van der Waals surface area contributed by atoms with Crippen molar-refractivity contribution in [1.29, 1.82) is 0 Å². The van der Waals surface area contributed by atoms with E-state index in [-0.39, 0.29) is 18.6 Å². The van der Waals surface area contributed by atoms with E-state index in [1.807, 2.05) is 73.3 Å². The predicted octanol–water partition coefficient (Wildman–Crippen LogP) is 4.78. The minimum absolute atomic E-state index is 0.0345. The molecule has 154 valence electrons. The van der Waals surface area contributed by atoms with Gasteiger partial charge in [0, 0.05) is 22.0 Å². The normalized spacial score (nSPS) is 14.5. The highest BCUT2D eigenvalue weighted by atomic mass is 35.5. The second kappa shape index (κ2) is 8.45. The Morgan fingerprint density at radius 1 is 1.23 bits per heavy atom. The first-order valence-corrected chi connectivity index (χ1v) is 10.8. The quantitative estimate of drug-likeness (QED) is 0.593. The molecule has 0 bridgehead atoms. The average molecular weight is 441 g/mol. The first-order chi connectivity index (χ1) is 14.4. The summed E-state index contributed by atoms with van der Waals surface area (Å²) >= 11 is 7.54. The van der Waals surface area contributed by atoms with E-state index in [1.165, 1.54) is 11.3 Å². The van der Waals surface area contributed by atoms with E-state index in [2.05, 4.69) is 5.32 Å². The molecule has 1 aromatic heterocycles. The molecular formula is C22H21ClN4O2S. The third kappa shape index (κ3) is 4.32. The lowest BCUT2D eigenvalue weighted by Crippen LogP contribution is -2.25. The van der Waals surface area contributed by atoms with Crippen molar-refractivity contribution in [3.05, 3.63) is 63.2 Å². The van der Waals surface area contributed by atoms with Crippen LogP contribution in [0.25, 0.3) is 11.3 Å². The molecule has 2 heterocycles. The number of thiazole rings is 1. The molecule has 0 aliphatic carbocycles. The lowest BCUT2D eigenvalue weighted by Gasteiger charge is -2.18. The van der Waals surface area contributed by atoms with Crippen molar-refractivity contribution in [1.82, 2.24) is 4.68 Å². The van der Waals surface area contributed by atoms with Crippen LogP contribution in [0.2, 0.25) is 5.02 Å². The Hall–Kier alpha value is -2.90. The number of hydrogen-bond donors (Lipinski definition) is 1. The van der Waals surface area contributed by atoms with Gasteiger partial charge in [0.05, 0.1) is 17.1 Å². The molecule has 2 aromatic carbocycles. The highest BCUT2D eigenvalue weighted by Crippen LogP contribution is 2.33. The minimum atomic E-state index is -0.162. The highest BCUT2D eigenvalue weighted by Gasteiger charge is 2.18. The summed E-state index contributed by atoms with van der Waals surface area (Å²) in [6, 6.07) is 13.4.